The molecule has 0 spiro atoms. The average molecular weight is 263 g/mol. The largest absolute Gasteiger partial charge is 0.343 e. The van der Waals surface area contributed by atoms with Gasteiger partial charge in [0.1, 0.15) is 0 Å². The lowest BCUT2D eigenvalue weighted by atomic mass is 9.96. The highest BCUT2D eigenvalue weighted by Crippen LogP contribution is 2.18. The summed E-state index contributed by atoms with van der Waals surface area (Å²) in [6, 6.07) is 0. The van der Waals surface area contributed by atoms with E-state index in [2.05, 4.69) is 25.7 Å². The number of nitrogens with zero attached hydrogens (tertiary/aromatic N) is 2. The maximum Gasteiger partial charge on any atom is 0.226 e. The van der Waals surface area contributed by atoms with Crippen LogP contribution < -0.4 is 0 Å². The summed E-state index contributed by atoms with van der Waals surface area (Å²) >= 11 is 0. The molecular formula is C13H27ClN2O. The highest BCUT2D eigenvalue weighted by atomic mass is 35.5. The fourth-order valence-electron chi connectivity index (χ4n) is 2.57. The molecule has 17 heavy (non-hydrogen) atoms. The smallest absolute Gasteiger partial charge is 0.226 e. The van der Waals surface area contributed by atoms with Gasteiger partial charge in [-0.05, 0) is 46.2 Å². The van der Waals surface area contributed by atoms with Gasteiger partial charge in [0.25, 0.3) is 0 Å². The zero-order valence-corrected chi connectivity index (χ0v) is 12.3. The highest BCUT2D eigenvalue weighted by molar-refractivity contribution is 5.85. The molecule has 3 nitrogen and oxygen atoms in total. The lowest BCUT2D eigenvalue weighted by Gasteiger charge is -2.34. The summed E-state index contributed by atoms with van der Waals surface area (Å²) in [6.45, 7) is 11.3. The predicted molar refractivity (Wildman–Crippen MR) is 74.6 cm³/mol. The van der Waals surface area contributed by atoms with Crippen molar-refractivity contribution in [3.05, 3.63) is 0 Å². The van der Waals surface area contributed by atoms with Crippen molar-refractivity contribution in [3.63, 3.8) is 0 Å². The van der Waals surface area contributed by atoms with Crippen molar-refractivity contribution in [2.24, 2.45) is 5.92 Å². The Morgan fingerprint density at radius 2 is 1.94 bits per heavy atom. The molecule has 0 aromatic heterocycles. The molecule has 102 valence electrons. The number of carbonyl (C=O) groups excluding carboxylic acids is 1. The summed E-state index contributed by atoms with van der Waals surface area (Å²) in [5.74, 6) is 0.617. The molecule has 1 rings (SSSR count). The van der Waals surface area contributed by atoms with Crippen LogP contribution >= 0.6 is 12.4 Å². The topological polar surface area (TPSA) is 23.6 Å². The Balaban J connectivity index is 0.00000256. The molecule has 0 saturated carbocycles. The SMILES string of the molecule is CCCN1CCCC(C(=O)N(CC)CC)C1.Cl. The van der Waals surface area contributed by atoms with E-state index in [-0.39, 0.29) is 18.3 Å². The van der Waals surface area contributed by atoms with E-state index in [0.29, 0.717) is 5.91 Å². The van der Waals surface area contributed by atoms with Crippen LogP contribution in [0.4, 0.5) is 0 Å². The maximum absolute atomic E-state index is 12.2. The van der Waals surface area contributed by atoms with Crippen LogP contribution in [-0.4, -0.2) is 48.4 Å². The first-order valence-corrected chi connectivity index (χ1v) is 6.74. The second-order valence-corrected chi connectivity index (χ2v) is 4.65. The number of hydrogen-bond donors (Lipinski definition) is 0. The third-order valence-corrected chi connectivity index (χ3v) is 3.47. The molecule has 4 heteroatoms. The van der Waals surface area contributed by atoms with Gasteiger partial charge < -0.3 is 9.80 Å². The van der Waals surface area contributed by atoms with Crippen LogP contribution in [0.3, 0.4) is 0 Å². The predicted octanol–water partition coefficient (Wildman–Crippen LogP) is 2.40. The van der Waals surface area contributed by atoms with Crippen molar-refractivity contribution in [2.45, 2.75) is 40.0 Å². The Kier molecular flexibility index (Phi) is 8.61. The number of likely N-dealkylation sites (tertiary alicyclic amines) is 1. The molecule has 0 aromatic carbocycles. The minimum Gasteiger partial charge on any atom is -0.343 e. The van der Waals surface area contributed by atoms with Gasteiger partial charge in [-0.2, -0.15) is 0 Å². The molecule has 1 fully saturated rings. The van der Waals surface area contributed by atoms with E-state index in [1.807, 2.05) is 4.90 Å². The van der Waals surface area contributed by atoms with E-state index in [0.717, 1.165) is 32.6 Å². The molecule has 1 amide bonds. The summed E-state index contributed by atoms with van der Waals surface area (Å²) in [5, 5.41) is 0. The van der Waals surface area contributed by atoms with Crippen molar-refractivity contribution in [1.29, 1.82) is 0 Å². The molecule has 1 atom stereocenters. The quantitative estimate of drug-likeness (QED) is 0.760. The van der Waals surface area contributed by atoms with E-state index in [4.69, 9.17) is 0 Å². The van der Waals surface area contributed by atoms with E-state index in [1.165, 1.54) is 19.4 Å². The van der Waals surface area contributed by atoms with Crippen molar-refractivity contribution in [2.75, 3.05) is 32.7 Å². The summed E-state index contributed by atoms with van der Waals surface area (Å²) in [6.07, 6.45) is 3.44. The molecule has 1 aliphatic rings. The van der Waals surface area contributed by atoms with Gasteiger partial charge in [0.05, 0.1) is 5.92 Å². The third kappa shape index (κ3) is 4.84. The number of piperidine rings is 1. The van der Waals surface area contributed by atoms with E-state index < -0.39 is 0 Å². The first kappa shape index (κ1) is 16.7. The lowest BCUT2D eigenvalue weighted by Crippen LogP contribution is -2.44. The van der Waals surface area contributed by atoms with Crippen LogP contribution in [0.5, 0.6) is 0 Å². The fourth-order valence-corrected chi connectivity index (χ4v) is 2.57. The van der Waals surface area contributed by atoms with Gasteiger partial charge in [-0.15, -0.1) is 12.4 Å². The van der Waals surface area contributed by atoms with Gasteiger partial charge in [0.15, 0.2) is 0 Å². The summed E-state index contributed by atoms with van der Waals surface area (Å²) in [7, 11) is 0. The number of carbonyl (C=O) groups is 1. The molecule has 1 unspecified atom stereocenters. The van der Waals surface area contributed by atoms with Crippen molar-refractivity contribution in [1.82, 2.24) is 9.80 Å². The maximum atomic E-state index is 12.2. The second kappa shape index (κ2) is 8.76. The average Bonchev–Trinajstić information content (AvgIpc) is 2.31. The lowest BCUT2D eigenvalue weighted by molar-refractivity contribution is -0.136. The van der Waals surface area contributed by atoms with Gasteiger partial charge in [0.2, 0.25) is 5.91 Å². The van der Waals surface area contributed by atoms with E-state index in [1.54, 1.807) is 0 Å². The molecule has 0 aromatic rings. The van der Waals surface area contributed by atoms with Crippen LogP contribution in [0.25, 0.3) is 0 Å². The number of rotatable bonds is 5. The second-order valence-electron chi connectivity index (χ2n) is 4.65. The number of halogens is 1. The normalized spacial score (nSPS) is 20.8. The van der Waals surface area contributed by atoms with Gasteiger partial charge >= 0.3 is 0 Å². The van der Waals surface area contributed by atoms with Crippen molar-refractivity contribution >= 4 is 18.3 Å². The first-order chi connectivity index (χ1) is 7.72. The molecular weight excluding hydrogens is 236 g/mol. The van der Waals surface area contributed by atoms with Crippen molar-refractivity contribution in [3.8, 4) is 0 Å². The van der Waals surface area contributed by atoms with Crippen molar-refractivity contribution < 1.29 is 4.79 Å². The molecule has 0 aliphatic carbocycles. The fraction of sp³-hybridized carbons (Fsp3) is 0.923. The molecule has 0 N–H and O–H groups in total. The van der Waals surface area contributed by atoms with E-state index >= 15 is 0 Å². The molecule has 1 aliphatic heterocycles. The Labute approximate surface area is 112 Å². The number of hydrogen-bond acceptors (Lipinski definition) is 2. The molecule has 1 saturated heterocycles. The monoisotopic (exact) mass is 262 g/mol. The zero-order valence-electron chi connectivity index (χ0n) is 11.4. The standard InChI is InChI=1S/C13H26N2O.ClH/c1-4-9-14-10-7-8-12(11-14)13(16)15(5-2)6-3;/h12H,4-11H2,1-3H3;1H. The third-order valence-electron chi connectivity index (χ3n) is 3.47. The minimum atomic E-state index is 0. The Bertz CT molecular complexity index is 217. The summed E-state index contributed by atoms with van der Waals surface area (Å²) in [5.41, 5.74) is 0. The molecule has 0 radical (unpaired) electrons. The highest BCUT2D eigenvalue weighted by Gasteiger charge is 2.27. The van der Waals surface area contributed by atoms with Gasteiger partial charge in [-0.1, -0.05) is 6.92 Å². The minimum absolute atomic E-state index is 0. The molecule has 1 heterocycles. The van der Waals surface area contributed by atoms with Gasteiger partial charge in [0, 0.05) is 19.6 Å². The van der Waals surface area contributed by atoms with Crippen LogP contribution in [0.15, 0.2) is 0 Å². The Morgan fingerprint density at radius 3 is 2.47 bits per heavy atom. The van der Waals surface area contributed by atoms with Gasteiger partial charge in [-0.25, -0.2) is 0 Å². The van der Waals surface area contributed by atoms with Crippen LogP contribution in [0.2, 0.25) is 0 Å². The zero-order chi connectivity index (χ0) is 12.0. The van der Waals surface area contributed by atoms with Crippen LogP contribution in [0, 0.1) is 5.92 Å². The number of amides is 1. The van der Waals surface area contributed by atoms with Crippen LogP contribution in [0.1, 0.15) is 40.0 Å². The summed E-state index contributed by atoms with van der Waals surface area (Å²) in [4.78, 5) is 16.6. The Morgan fingerprint density at radius 1 is 1.29 bits per heavy atom. The van der Waals surface area contributed by atoms with Crippen LogP contribution in [-0.2, 0) is 4.79 Å². The molecule has 0 bridgehead atoms. The Hall–Kier alpha value is -0.280. The van der Waals surface area contributed by atoms with E-state index in [9.17, 15) is 4.79 Å². The van der Waals surface area contributed by atoms with Gasteiger partial charge in [-0.3, -0.25) is 4.79 Å². The first-order valence-electron chi connectivity index (χ1n) is 6.74. The summed E-state index contributed by atoms with van der Waals surface area (Å²) < 4.78 is 0.